The Bertz CT molecular complexity index is 465. The van der Waals surface area contributed by atoms with Gasteiger partial charge in [0.25, 0.3) is 0 Å². The fourth-order valence-electron chi connectivity index (χ4n) is 1.66. The van der Waals surface area contributed by atoms with Crippen LogP contribution in [0, 0.1) is 0 Å². The molecule has 2 aromatic rings. The molecule has 2 N–H and O–H groups in total. The van der Waals surface area contributed by atoms with Gasteiger partial charge in [0.15, 0.2) is 0 Å². The van der Waals surface area contributed by atoms with E-state index in [9.17, 15) is 5.11 Å². The zero-order valence-corrected chi connectivity index (χ0v) is 9.22. The van der Waals surface area contributed by atoms with Crippen molar-refractivity contribution in [3.8, 4) is 5.75 Å². The minimum atomic E-state index is 0.292. The molecule has 0 radical (unpaired) electrons. The lowest BCUT2D eigenvalue weighted by atomic mass is 10.2. The van der Waals surface area contributed by atoms with Crippen LogP contribution in [0.1, 0.15) is 11.3 Å². The first kappa shape index (κ1) is 10.7. The highest BCUT2D eigenvalue weighted by molar-refractivity contribution is 5.27. The van der Waals surface area contributed by atoms with E-state index in [1.165, 1.54) is 0 Å². The summed E-state index contributed by atoms with van der Waals surface area (Å²) in [6.07, 6.45) is 1.79. The lowest BCUT2D eigenvalue weighted by molar-refractivity contribution is 0.474. The summed E-state index contributed by atoms with van der Waals surface area (Å²) in [5, 5.41) is 16.7. The number of phenolic OH excluding ortho intramolecular Hbond substituents is 1. The van der Waals surface area contributed by atoms with Crippen LogP contribution in [-0.4, -0.2) is 21.9 Å². The largest absolute Gasteiger partial charge is 0.508 e. The van der Waals surface area contributed by atoms with E-state index in [0.717, 1.165) is 17.8 Å². The Morgan fingerprint density at radius 1 is 1.38 bits per heavy atom. The summed E-state index contributed by atoms with van der Waals surface area (Å²) in [7, 11) is 1.91. The Hall–Kier alpha value is -1.81. The molecule has 1 aromatic carbocycles. The minimum absolute atomic E-state index is 0.292. The van der Waals surface area contributed by atoms with Crippen LogP contribution >= 0.6 is 0 Å². The van der Waals surface area contributed by atoms with Crippen molar-refractivity contribution in [2.75, 3.05) is 7.05 Å². The maximum Gasteiger partial charge on any atom is 0.115 e. The molecule has 0 aliphatic rings. The highest BCUT2D eigenvalue weighted by atomic mass is 16.3. The number of aromatic nitrogens is 2. The highest BCUT2D eigenvalue weighted by Crippen LogP contribution is 2.12. The highest BCUT2D eigenvalue weighted by Gasteiger charge is 2.02. The van der Waals surface area contributed by atoms with Gasteiger partial charge in [0.2, 0.25) is 0 Å². The summed E-state index contributed by atoms with van der Waals surface area (Å²) in [4.78, 5) is 0. The Morgan fingerprint density at radius 3 is 3.00 bits per heavy atom. The van der Waals surface area contributed by atoms with E-state index in [1.54, 1.807) is 18.3 Å². The maximum atomic E-state index is 9.37. The molecule has 0 spiro atoms. The number of benzene rings is 1. The molecule has 4 heteroatoms. The van der Waals surface area contributed by atoms with Gasteiger partial charge >= 0.3 is 0 Å². The topological polar surface area (TPSA) is 50.1 Å². The van der Waals surface area contributed by atoms with Crippen molar-refractivity contribution in [2.24, 2.45) is 0 Å². The summed E-state index contributed by atoms with van der Waals surface area (Å²) in [5.41, 5.74) is 2.17. The van der Waals surface area contributed by atoms with E-state index in [1.807, 2.05) is 29.9 Å². The molecule has 0 bridgehead atoms. The van der Waals surface area contributed by atoms with E-state index in [-0.39, 0.29) is 0 Å². The van der Waals surface area contributed by atoms with Crippen LogP contribution in [0.15, 0.2) is 36.5 Å². The van der Waals surface area contributed by atoms with Crippen molar-refractivity contribution in [2.45, 2.75) is 13.1 Å². The number of hydrogen-bond acceptors (Lipinski definition) is 3. The Labute approximate surface area is 94.5 Å². The van der Waals surface area contributed by atoms with E-state index in [0.29, 0.717) is 12.3 Å². The Kier molecular flexibility index (Phi) is 3.22. The van der Waals surface area contributed by atoms with Gasteiger partial charge < -0.3 is 10.4 Å². The van der Waals surface area contributed by atoms with Gasteiger partial charge in [-0.25, -0.2) is 0 Å². The molecule has 0 amide bonds. The molecular weight excluding hydrogens is 202 g/mol. The summed E-state index contributed by atoms with van der Waals surface area (Å²) in [5.74, 6) is 0.292. The fourth-order valence-corrected chi connectivity index (χ4v) is 1.66. The Balaban J connectivity index is 2.17. The van der Waals surface area contributed by atoms with Crippen LogP contribution in [-0.2, 0) is 13.1 Å². The second kappa shape index (κ2) is 4.81. The zero-order valence-electron chi connectivity index (χ0n) is 9.22. The second-order valence-electron chi connectivity index (χ2n) is 3.68. The van der Waals surface area contributed by atoms with Gasteiger partial charge in [0.1, 0.15) is 5.75 Å². The molecule has 84 valence electrons. The van der Waals surface area contributed by atoms with E-state index in [2.05, 4.69) is 10.4 Å². The van der Waals surface area contributed by atoms with Gasteiger partial charge in [0.05, 0.1) is 12.2 Å². The summed E-state index contributed by atoms with van der Waals surface area (Å²) in [6, 6.07) is 9.22. The first-order valence-electron chi connectivity index (χ1n) is 5.23. The van der Waals surface area contributed by atoms with Crippen LogP contribution in [0.25, 0.3) is 0 Å². The van der Waals surface area contributed by atoms with Crippen molar-refractivity contribution >= 4 is 0 Å². The third-order valence-corrected chi connectivity index (χ3v) is 2.41. The molecule has 0 unspecified atom stereocenters. The summed E-state index contributed by atoms with van der Waals surface area (Å²) >= 11 is 0. The number of nitrogens with one attached hydrogen (secondary N) is 1. The molecule has 0 atom stereocenters. The number of aromatic hydroxyl groups is 1. The predicted molar refractivity (Wildman–Crippen MR) is 62.2 cm³/mol. The fraction of sp³-hybridized carbons (Fsp3) is 0.250. The molecule has 1 heterocycles. The zero-order chi connectivity index (χ0) is 11.4. The normalized spacial score (nSPS) is 10.6. The smallest absolute Gasteiger partial charge is 0.115 e. The molecule has 0 saturated carbocycles. The second-order valence-corrected chi connectivity index (χ2v) is 3.68. The van der Waals surface area contributed by atoms with Gasteiger partial charge in [-0.2, -0.15) is 5.10 Å². The average molecular weight is 217 g/mol. The molecule has 1 aromatic heterocycles. The molecular formula is C12H15N3O. The van der Waals surface area contributed by atoms with Crippen LogP contribution in [0.2, 0.25) is 0 Å². The van der Waals surface area contributed by atoms with Crippen molar-refractivity contribution in [1.29, 1.82) is 0 Å². The average Bonchev–Trinajstić information content (AvgIpc) is 2.66. The quantitative estimate of drug-likeness (QED) is 0.813. The third kappa shape index (κ3) is 2.41. The van der Waals surface area contributed by atoms with Gasteiger partial charge in [-0.3, -0.25) is 4.68 Å². The number of phenols is 1. The number of rotatable bonds is 4. The number of hydrogen-bond donors (Lipinski definition) is 2. The molecule has 0 fully saturated rings. The van der Waals surface area contributed by atoms with E-state index in [4.69, 9.17) is 0 Å². The maximum absolute atomic E-state index is 9.37. The van der Waals surface area contributed by atoms with Crippen LogP contribution < -0.4 is 5.32 Å². The van der Waals surface area contributed by atoms with E-state index >= 15 is 0 Å². The van der Waals surface area contributed by atoms with Gasteiger partial charge in [-0.05, 0) is 30.8 Å². The number of nitrogens with zero attached hydrogens (tertiary/aromatic N) is 2. The van der Waals surface area contributed by atoms with Crippen molar-refractivity contribution in [1.82, 2.24) is 15.1 Å². The van der Waals surface area contributed by atoms with E-state index < -0.39 is 0 Å². The lowest BCUT2D eigenvalue weighted by Gasteiger charge is -2.07. The van der Waals surface area contributed by atoms with Gasteiger partial charge in [-0.15, -0.1) is 0 Å². The molecule has 0 saturated heterocycles. The third-order valence-electron chi connectivity index (χ3n) is 2.41. The van der Waals surface area contributed by atoms with Crippen molar-refractivity contribution in [3.05, 3.63) is 47.8 Å². The first-order valence-corrected chi connectivity index (χ1v) is 5.23. The molecule has 0 aliphatic carbocycles. The predicted octanol–water partition coefficient (Wildman–Crippen LogP) is 1.36. The molecule has 2 rings (SSSR count). The van der Waals surface area contributed by atoms with Crippen molar-refractivity contribution in [3.63, 3.8) is 0 Å². The lowest BCUT2D eigenvalue weighted by Crippen LogP contribution is -2.12. The van der Waals surface area contributed by atoms with Crippen LogP contribution in [0.3, 0.4) is 0 Å². The minimum Gasteiger partial charge on any atom is -0.508 e. The van der Waals surface area contributed by atoms with Crippen LogP contribution in [0.4, 0.5) is 0 Å². The monoisotopic (exact) mass is 217 g/mol. The Morgan fingerprint density at radius 2 is 2.25 bits per heavy atom. The molecule has 0 aliphatic heterocycles. The summed E-state index contributed by atoms with van der Waals surface area (Å²) in [6.45, 7) is 1.47. The standard InChI is InChI=1S/C12H15N3O/c1-13-8-11-5-6-14-15(11)9-10-3-2-4-12(16)7-10/h2-7,13,16H,8-9H2,1H3. The van der Waals surface area contributed by atoms with Crippen LogP contribution in [0.5, 0.6) is 5.75 Å². The molecule has 4 nitrogen and oxygen atoms in total. The molecule has 16 heavy (non-hydrogen) atoms. The first-order chi connectivity index (χ1) is 7.79. The van der Waals surface area contributed by atoms with Crippen molar-refractivity contribution < 1.29 is 5.11 Å². The van der Waals surface area contributed by atoms with Gasteiger partial charge in [-0.1, -0.05) is 12.1 Å². The van der Waals surface area contributed by atoms with Gasteiger partial charge in [0, 0.05) is 12.7 Å². The SMILES string of the molecule is CNCc1ccnn1Cc1cccc(O)c1. The summed E-state index contributed by atoms with van der Waals surface area (Å²) < 4.78 is 1.92.